The number of methoxy groups -OCH3 is 2. The SMILES string of the molecule is COc1cnc2ccc(=O)n(CC=O)c2n1.COc1cnc2ccc(=O)n(CCN3CCC(NC(=O)OC(C)(C)C)CC3)c2n1. The number of aromatic nitrogens is 6. The van der Waals surface area contributed by atoms with Crippen LogP contribution in [0.15, 0.2) is 46.2 Å². The molecule has 4 aromatic heterocycles. The average Bonchev–Trinajstić information content (AvgIpc) is 3.01. The number of likely N-dealkylation sites (tertiary alicyclic amines) is 1. The van der Waals surface area contributed by atoms with Crippen LogP contribution >= 0.6 is 0 Å². The van der Waals surface area contributed by atoms with Gasteiger partial charge in [-0.2, -0.15) is 9.97 Å². The molecule has 0 saturated carbocycles. The number of fused-ring (bicyclic) bond motifs is 2. The number of nitrogens with one attached hydrogen (secondary N) is 1. The maximum Gasteiger partial charge on any atom is 0.407 e. The molecule has 0 spiro atoms. The minimum atomic E-state index is -0.498. The second-order valence-corrected chi connectivity index (χ2v) is 11.3. The molecule has 0 aromatic carbocycles. The quantitative estimate of drug-likeness (QED) is 0.283. The van der Waals surface area contributed by atoms with Gasteiger partial charge in [0.2, 0.25) is 11.8 Å². The number of amides is 1. The first-order chi connectivity index (χ1) is 21.5. The highest BCUT2D eigenvalue weighted by Gasteiger charge is 2.23. The van der Waals surface area contributed by atoms with Gasteiger partial charge in [-0.3, -0.25) is 18.7 Å². The first kappa shape index (κ1) is 33.0. The molecule has 4 aromatic rings. The lowest BCUT2D eigenvalue weighted by atomic mass is 10.1. The van der Waals surface area contributed by atoms with Gasteiger partial charge in [-0.25, -0.2) is 14.8 Å². The van der Waals surface area contributed by atoms with Crippen molar-refractivity contribution < 1.29 is 23.8 Å². The highest BCUT2D eigenvalue weighted by atomic mass is 16.6. The number of carbonyl (C=O) groups is 2. The summed E-state index contributed by atoms with van der Waals surface area (Å²) in [7, 11) is 2.98. The molecule has 0 bridgehead atoms. The molecule has 15 heteroatoms. The van der Waals surface area contributed by atoms with E-state index in [1.54, 1.807) is 22.9 Å². The first-order valence-corrected chi connectivity index (χ1v) is 14.5. The topological polar surface area (TPSA) is 173 Å². The Hall–Kier alpha value is -4.92. The van der Waals surface area contributed by atoms with Crippen molar-refractivity contribution in [3.63, 3.8) is 0 Å². The number of hydrogen-bond donors (Lipinski definition) is 1. The van der Waals surface area contributed by atoms with Crippen LogP contribution in [0.5, 0.6) is 11.8 Å². The monoisotopic (exact) mass is 622 g/mol. The molecule has 1 amide bonds. The van der Waals surface area contributed by atoms with Crippen molar-refractivity contribution >= 4 is 34.7 Å². The van der Waals surface area contributed by atoms with Gasteiger partial charge in [0.05, 0.1) is 33.2 Å². The molecule has 1 fully saturated rings. The molecule has 5 heterocycles. The first-order valence-electron chi connectivity index (χ1n) is 14.5. The summed E-state index contributed by atoms with van der Waals surface area (Å²) in [5.74, 6) is 0.684. The number of alkyl carbamates (subject to hydrolysis) is 1. The summed E-state index contributed by atoms with van der Waals surface area (Å²) < 4.78 is 18.3. The Morgan fingerprint density at radius 2 is 1.42 bits per heavy atom. The number of piperidine rings is 1. The van der Waals surface area contributed by atoms with E-state index in [9.17, 15) is 19.2 Å². The summed E-state index contributed by atoms with van der Waals surface area (Å²) >= 11 is 0. The Kier molecular flexibility index (Phi) is 10.8. The van der Waals surface area contributed by atoms with Gasteiger partial charge in [-0.1, -0.05) is 0 Å². The van der Waals surface area contributed by atoms with Crippen LogP contribution in [0.3, 0.4) is 0 Å². The van der Waals surface area contributed by atoms with Crippen LogP contribution in [0.4, 0.5) is 4.79 Å². The summed E-state index contributed by atoms with van der Waals surface area (Å²) in [6, 6.07) is 6.21. The fraction of sp³-hybridized carbons (Fsp3) is 0.467. The van der Waals surface area contributed by atoms with Crippen molar-refractivity contribution in [2.24, 2.45) is 0 Å². The Bertz CT molecular complexity index is 1760. The number of ether oxygens (including phenoxy) is 3. The molecule has 15 nitrogen and oxygen atoms in total. The van der Waals surface area contributed by atoms with Crippen molar-refractivity contribution in [3.05, 3.63) is 57.4 Å². The second kappa shape index (κ2) is 14.7. The summed E-state index contributed by atoms with van der Waals surface area (Å²) in [6.45, 7) is 8.43. The summed E-state index contributed by atoms with van der Waals surface area (Å²) in [4.78, 5) is 65.4. The number of nitrogens with zero attached hydrogens (tertiary/aromatic N) is 7. The molecule has 0 aliphatic carbocycles. The normalized spacial score (nSPS) is 14.0. The minimum Gasteiger partial charge on any atom is -0.480 e. The van der Waals surface area contributed by atoms with Crippen molar-refractivity contribution in [3.8, 4) is 11.8 Å². The molecule has 240 valence electrons. The molecule has 1 aliphatic heterocycles. The number of hydrogen-bond acceptors (Lipinski definition) is 12. The number of pyridine rings is 2. The fourth-order valence-electron chi connectivity index (χ4n) is 4.75. The molecule has 5 rings (SSSR count). The zero-order chi connectivity index (χ0) is 32.6. The molecular formula is C30H38N8O7. The highest BCUT2D eigenvalue weighted by molar-refractivity contribution is 5.71. The molecule has 1 aliphatic rings. The van der Waals surface area contributed by atoms with Crippen molar-refractivity contribution in [1.29, 1.82) is 0 Å². The molecule has 1 saturated heterocycles. The number of carbonyl (C=O) groups excluding carboxylic acids is 2. The van der Waals surface area contributed by atoms with Gasteiger partial charge < -0.3 is 29.2 Å². The lowest BCUT2D eigenvalue weighted by Crippen LogP contribution is -2.46. The van der Waals surface area contributed by atoms with Gasteiger partial charge in [-0.15, -0.1) is 0 Å². The van der Waals surface area contributed by atoms with E-state index >= 15 is 0 Å². The van der Waals surface area contributed by atoms with Crippen LogP contribution in [0.2, 0.25) is 0 Å². The second-order valence-electron chi connectivity index (χ2n) is 11.3. The zero-order valence-electron chi connectivity index (χ0n) is 26.1. The van der Waals surface area contributed by atoms with Crippen LogP contribution in [0, 0.1) is 0 Å². The zero-order valence-corrected chi connectivity index (χ0v) is 26.1. The molecular weight excluding hydrogens is 584 g/mol. The van der Waals surface area contributed by atoms with Crippen LogP contribution in [-0.4, -0.2) is 91.8 Å². The standard InChI is InChI=1S/C20H29N5O4.C10H9N3O3/c1-20(2,3)29-19(27)22-14-7-9-24(10-8-14)11-12-25-17(26)6-5-15-18(25)23-16(28-4)13-21-15;1-16-8-6-11-7-2-3-9(15)13(4-5-14)10(7)12-8/h5-6,13-14H,7-12H2,1-4H3,(H,22,27);2-3,5-6H,4H2,1H3. The van der Waals surface area contributed by atoms with E-state index in [1.165, 1.54) is 37.1 Å². The summed E-state index contributed by atoms with van der Waals surface area (Å²) in [6.07, 6.45) is 4.96. The fourth-order valence-corrected chi connectivity index (χ4v) is 4.75. The van der Waals surface area contributed by atoms with Gasteiger partial charge in [0.15, 0.2) is 11.3 Å². The third kappa shape index (κ3) is 8.81. The van der Waals surface area contributed by atoms with E-state index in [2.05, 4.69) is 30.2 Å². The smallest absolute Gasteiger partial charge is 0.407 e. The molecule has 0 atom stereocenters. The number of rotatable bonds is 8. The minimum absolute atomic E-state index is 0.0436. The highest BCUT2D eigenvalue weighted by Crippen LogP contribution is 2.15. The summed E-state index contributed by atoms with van der Waals surface area (Å²) in [5.41, 5.74) is 1.18. The molecule has 0 radical (unpaired) electrons. The van der Waals surface area contributed by atoms with E-state index < -0.39 is 5.60 Å². The molecule has 1 N–H and O–H groups in total. The van der Waals surface area contributed by atoms with E-state index in [4.69, 9.17) is 14.2 Å². The maximum atomic E-state index is 12.4. The van der Waals surface area contributed by atoms with E-state index in [0.29, 0.717) is 46.9 Å². The Balaban J connectivity index is 0.000000242. The number of aldehydes is 1. The summed E-state index contributed by atoms with van der Waals surface area (Å²) in [5, 5.41) is 2.94. The van der Waals surface area contributed by atoms with Crippen LogP contribution in [-0.2, 0) is 22.6 Å². The van der Waals surface area contributed by atoms with Gasteiger partial charge >= 0.3 is 6.09 Å². The average molecular weight is 623 g/mol. The predicted octanol–water partition coefficient (Wildman–Crippen LogP) is 1.79. The lowest BCUT2D eigenvalue weighted by molar-refractivity contribution is -0.108. The van der Waals surface area contributed by atoms with Gasteiger partial charge in [0.25, 0.3) is 11.1 Å². The van der Waals surface area contributed by atoms with Crippen LogP contribution in [0.1, 0.15) is 33.6 Å². The largest absolute Gasteiger partial charge is 0.480 e. The van der Waals surface area contributed by atoms with Gasteiger partial charge in [0, 0.05) is 44.4 Å². The third-order valence-electron chi connectivity index (χ3n) is 6.95. The Morgan fingerprint density at radius 1 is 0.889 bits per heavy atom. The van der Waals surface area contributed by atoms with Crippen LogP contribution < -0.4 is 25.9 Å². The van der Waals surface area contributed by atoms with Crippen molar-refractivity contribution in [2.75, 3.05) is 33.9 Å². The van der Waals surface area contributed by atoms with Gasteiger partial charge in [-0.05, 0) is 45.7 Å². The van der Waals surface area contributed by atoms with E-state index in [1.807, 2.05) is 20.8 Å². The lowest BCUT2D eigenvalue weighted by Gasteiger charge is -2.32. The molecule has 45 heavy (non-hydrogen) atoms. The predicted molar refractivity (Wildman–Crippen MR) is 166 cm³/mol. The Labute approximate surface area is 259 Å². The molecule has 0 unspecified atom stereocenters. The van der Waals surface area contributed by atoms with E-state index in [-0.39, 0.29) is 29.8 Å². The maximum absolute atomic E-state index is 12.4. The van der Waals surface area contributed by atoms with Gasteiger partial charge in [0.1, 0.15) is 22.9 Å². The van der Waals surface area contributed by atoms with E-state index in [0.717, 1.165) is 32.5 Å². The van der Waals surface area contributed by atoms with Crippen molar-refractivity contribution in [2.45, 2.75) is 58.3 Å². The van der Waals surface area contributed by atoms with Crippen LogP contribution in [0.25, 0.3) is 22.3 Å². The third-order valence-corrected chi connectivity index (χ3v) is 6.95. The van der Waals surface area contributed by atoms with Crippen molar-refractivity contribution in [1.82, 2.24) is 39.3 Å². The Morgan fingerprint density at radius 3 is 1.93 bits per heavy atom.